The van der Waals surface area contributed by atoms with Crippen LogP contribution in [0.2, 0.25) is 0 Å². The highest BCUT2D eigenvalue weighted by Gasteiger charge is 2.30. The van der Waals surface area contributed by atoms with Crippen molar-refractivity contribution in [2.75, 3.05) is 13.1 Å². The molecule has 0 spiro atoms. The van der Waals surface area contributed by atoms with Gasteiger partial charge in [0.1, 0.15) is 5.82 Å². The van der Waals surface area contributed by atoms with E-state index in [1.807, 2.05) is 6.92 Å². The van der Waals surface area contributed by atoms with E-state index in [-0.39, 0.29) is 12.6 Å². The molecule has 0 unspecified atom stereocenters. The number of piperidine rings is 1. The summed E-state index contributed by atoms with van der Waals surface area (Å²) in [7, 11) is 0. The van der Waals surface area contributed by atoms with E-state index < -0.39 is 17.6 Å². The van der Waals surface area contributed by atoms with Gasteiger partial charge in [-0.15, -0.1) is 0 Å². The van der Waals surface area contributed by atoms with E-state index in [2.05, 4.69) is 16.6 Å². The van der Waals surface area contributed by atoms with Gasteiger partial charge in [-0.2, -0.15) is 13.2 Å². The summed E-state index contributed by atoms with van der Waals surface area (Å²) in [5.41, 5.74) is 8.82. The quantitative estimate of drug-likeness (QED) is 0.352. The molecule has 1 aliphatic rings. The minimum atomic E-state index is -4.45. The van der Waals surface area contributed by atoms with Crippen LogP contribution < -0.4 is 5.73 Å². The van der Waals surface area contributed by atoms with Crippen molar-refractivity contribution in [1.82, 2.24) is 4.90 Å². The Kier molecular flexibility index (Phi) is 7.71. The topological polar surface area (TPSA) is 61.9 Å². The standard InChI is InChI=1S/C25H27F4N3O/c1-16(19-11-17(15-33)12-21(26)13-19)24(32-9-7-22(30)8-10-32)23(14-31-2)18-3-5-20(6-4-18)25(27,28)29/h3-6,11-14,22,33H,2,7-10,15,30H2,1H3/b23-14-,24-16-. The Morgan fingerprint density at radius 1 is 1.15 bits per heavy atom. The van der Waals surface area contributed by atoms with E-state index in [0.717, 1.165) is 25.0 Å². The predicted octanol–water partition coefficient (Wildman–Crippen LogP) is 5.23. The predicted molar refractivity (Wildman–Crippen MR) is 123 cm³/mol. The number of hydrogen-bond acceptors (Lipinski definition) is 4. The Morgan fingerprint density at radius 3 is 2.33 bits per heavy atom. The fourth-order valence-corrected chi connectivity index (χ4v) is 4.03. The van der Waals surface area contributed by atoms with Gasteiger partial charge in [0.15, 0.2) is 0 Å². The minimum absolute atomic E-state index is 0.0639. The molecule has 176 valence electrons. The van der Waals surface area contributed by atoms with E-state index in [1.165, 1.54) is 30.5 Å². The molecule has 0 saturated carbocycles. The highest BCUT2D eigenvalue weighted by atomic mass is 19.4. The van der Waals surface area contributed by atoms with Gasteiger partial charge in [0.05, 0.1) is 12.2 Å². The highest BCUT2D eigenvalue weighted by molar-refractivity contribution is 5.88. The zero-order valence-corrected chi connectivity index (χ0v) is 18.4. The smallest absolute Gasteiger partial charge is 0.392 e. The number of likely N-dealkylation sites (tertiary alicyclic amines) is 1. The molecule has 0 amide bonds. The van der Waals surface area contributed by atoms with Crippen LogP contribution in [-0.2, 0) is 12.8 Å². The number of nitrogens with zero attached hydrogens (tertiary/aromatic N) is 2. The number of aliphatic imine (C=N–C) groups is 1. The van der Waals surface area contributed by atoms with Crippen molar-refractivity contribution in [2.24, 2.45) is 10.7 Å². The molecule has 3 rings (SSSR count). The normalized spacial score (nSPS) is 16.6. The van der Waals surface area contributed by atoms with Crippen LogP contribution in [0.1, 0.15) is 42.0 Å². The number of alkyl halides is 3. The molecule has 33 heavy (non-hydrogen) atoms. The summed E-state index contributed by atoms with van der Waals surface area (Å²) in [4.78, 5) is 6.00. The fraction of sp³-hybridized carbons (Fsp3) is 0.320. The molecule has 3 N–H and O–H groups in total. The molecule has 2 aromatic carbocycles. The van der Waals surface area contributed by atoms with Gasteiger partial charge in [-0.3, -0.25) is 4.99 Å². The average molecular weight is 462 g/mol. The summed E-state index contributed by atoms with van der Waals surface area (Å²) in [6.07, 6.45) is -1.46. The lowest BCUT2D eigenvalue weighted by molar-refractivity contribution is -0.137. The fourth-order valence-electron chi connectivity index (χ4n) is 4.03. The Balaban J connectivity index is 2.18. The Hall–Kier alpha value is -2.97. The van der Waals surface area contributed by atoms with E-state index in [1.54, 1.807) is 6.07 Å². The number of benzene rings is 2. The third-order valence-corrected chi connectivity index (χ3v) is 5.78. The van der Waals surface area contributed by atoms with Crippen LogP contribution in [0, 0.1) is 5.82 Å². The minimum Gasteiger partial charge on any atom is -0.392 e. The van der Waals surface area contributed by atoms with Gasteiger partial charge in [0.25, 0.3) is 0 Å². The first-order valence-electron chi connectivity index (χ1n) is 10.6. The summed E-state index contributed by atoms with van der Waals surface area (Å²) >= 11 is 0. The summed E-state index contributed by atoms with van der Waals surface area (Å²) in [5, 5.41) is 9.51. The summed E-state index contributed by atoms with van der Waals surface area (Å²) in [6.45, 7) is 6.30. The van der Waals surface area contributed by atoms with Crippen LogP contribution in [0.5, 0.6) is 0 Å². The van der Waals surface area contributed by atoms with Crippen LogP contribution in [0.15, 0.2) is 59.4 Å². The molecular weight excluding hydrogens is 434 g/mol. The van der Waals surface area contributed by atoms with Crippen LogP contribution in [0.4, 0.5) is 17.6 Å². The Labute approximate surface area is 190 Å². The largest absolute Gasteiger partial charge is 0.416 e. The zero-order valence-electron chi connectivity index (χ0n) is 18.4. The average Bonchev–Trinajstić information content (AvgIpc) is 2.78. The van der Waals surface area contributed by atoms with Crippen molar-refractivity contribution >= 4 is 17.9 Å². The number of halogens is 4. The molecule has 4 nitrogen and oxygen atoms in total. The molecule has 0 atom stereocenters. The van der Waals surface area contributed by atoms with Crippen molar-refractivity contribution in [2.45, 2.75) is 38.6 Å². The number of aliphatic hydroxyl groups excluding tert-OH is 1. The molecule has 0 radical (unpaired) electrons. The monoisotopic (exact) mass is 461 g/mol. The maximum absolute atomic E-state index is 14.2. The van der Waals surface area contributed by atoms with E-state index in [4.69, 9.17) is 5.73 Å². The van der Waals surface area contributed by atoms with Crippen LogP contribution >= 0.6 is 0 Å². The molecule has 1 heterocycles. The Bertz CT molecular complexity index is 1050. The van der Waals surface area contributed by atoms with Gasteiger partial charge < -0.3 is 15.7 Å². The second kappa shape index (κ2) is 10.3. The van der Waals surface area contributed by atoms with E-state index >= 15 is 0 Å². The third-order valence-electron chi connectivity index (χ3n) is 5.78. The number of allylic oxidation sites excluding steroid dienone is 2. The lowest BCUT2D eigenvalue weighted by Crippen LogP contribution is -2.39. The molecule has 2 aromatic rings. The van der Waals surface area contributed by atoms with Gasteiger partial charge in [0.2, 0.25) is 0 Å². The lowest BCUT2D eigenvalue weighted by atomic mass is 9.92. The van der Waals surface area contributed by atoms with Crippen molar-refractivity contribution in [3.63, 3.8) is 0 Å². The van der Waals surface area contributed by atoms with Crippen LogP contribution in [-0.4, -0.2) is 35.9 Å². The molecule has 0 bridgehead atoms. The molecule has 0 aliphatic carbocycles. The highest BCUT2D eigenvalue weighted by Crippen LogP contribution is 2.36. The molecule has 0 aromatic heterocycles. The summed E-state index contributed by atoms with van der Waals surface area (Å²) in [6, 6.07) is 9.23. The number of rotatable bonds is 6. The SMILES string of the molecule is C=N/C=C(\C(=C(/C)c1cc(F)cc(CO)c1)N1CCC(N)CC1)c1ccc(C(F)(F)F)cc1. The number of aliphatic hydroxyl groups is 1. The molecule has 8 heteroatoms. The Morgan fingerprint density at radius 2 is 1.79 bits per heavy atom. The molecule has 1 saturated heterocycles. The second-order valence-electron chi connectivity index (χ2n) is 8.10. The molecule has 1 aliphatic heterocycles. The van der Waals surface area contributed by atoms with Gasteiger partial charge in [-0.1, -0.05) is 12.1 Å². The number of nitrogens with two attached hydrogens (primary N) is 1. The first-order chi connectivity index (χ1) is 15.6. The maximum Gasteiger partial charge on any atom is 0.416 e. The maximum atomic E-state index is 14.2. The van der Waals surface area contributed by atoms with Gasteiger partial charge in [-0.25, -0.2) is 4.39 Å². The molecule has 1 fully saturated rings. The zero-order chi connectivity index (χ0) is 24.2. The van der Waals surface area contributed by atoms with Crippen molar-refractivity contribution in [3.05, 3.63) is 82.4 Å². The third kappa shape index (κ3) is 5.89. The first kappa shape index (κ1) is 24.7. The van der Waals surface area contributed by atoms with Gasteiger partial charge in [-0.05, 0) is 79.1 Å². The van der Waals surface area contributed by atoms with E-state index in [9.17, 15) is 22.7 Å². The van der Waals surface area contributed by atoms with Gasteiger partial charge >= 0.3 is 6.18 Å². The van der Waals surface area contributed by atoms with Crippen molar-refractivity contribution < 1.29 is 22.7 Å². The van der Waals surface area contributed by atoms with E-state index in [0.29, 0.717) is 46.6 Å². The summed E-state index contributed by atoms with van der Waals surface area (Å²) in [5.74, 6) is -0.488. The van der Waals surface area contributed by atoms with Crippen LogP contribution in [0.25, 0.3) is 11.1 Å². The lowest BCUT2D eigenvalue weighted by Gasteiger charge is -2.36. The first-order valence-corrected chi connectivity index (χ1v) is 10.6. The van der Waals surface area contributed by atoms with Gasteiger partial charge in [0, 0.05) is 36.6 Å². The number of hydrogen-bond donors (Lipinski definition) is 2. The van der Waals surface area contributed by atoms with Crippen LogP contribution in [0.3, 0.4) is 0 Å². The second-order valence-corrected chi connectivity index (χ2v) is 8.10. The van der Waals surface area contributed by atoms with Crippen molar-refractivity contribution in [1.29, 1.82) is 0 Å². The summed E-state index contributed by atoms with van der Waals surface area (Å²) < 4.78 is 53.5. The van der Waals surface area contributed by atoms with Crippen molar-refractivity contribution in [3.8, 4) is 0 Å². The molecular formula is C25H27F4N3O.